The van der Waals surface area contributed by atoms with Gasteiger partial charge in [-0.2, -0.15) is 0 Å². The van der Waals surface area contributed by atoms with Gasteiger partial charge in [0.25, 0.3) is 0 Å². The van der Waals surface area contributed by atoms with Gasteiger partial charge in [0, 0.05) is 36.4 Å². The average molecular weight is 480 g/mol. The van der Waals surface area contributed by atoms with Crippen LogP contribution in [0, 0.1) is 5.92 Å². The minimum absolute atomic E-state index is 0.0374. The zero-order chi connectivity index (χ0) is 23.9. The summed E-state index contributed by atoms with van der Waals surface area (Å²) in [7, 11) is 3.19. The van der Waals surface area contributed by atoms with Crippen molar-refractivity contribution in [1.82, 2.24) is 9.88 Å². The first-order chi connectivity index (χ1) is 16.6. The summed E-state index contributed by atoms with van der Waals surface area (Å²) in [5, 5.41) is 5.43. The Labute approximate surface area is 203 Å². The fourth-order valence-electron chi connectivity index (χ4n) is 4.11. The van der Waals surface area contributed by atoms with Crippen molar-refractivity contribution in [1.29, 1.82) is 0 Å². The Morgan fingerprint density at radius 2 is 1.79 bits per heavy atom. The number of aryl methyl sites for hydroxylation is 1. The second-order valence-electron chi connectivity index (χ2n) is 8.24. The van der Waals surface area contributed by atoms with E-state index in [0.717, 1.165) is 17.7 Å². The molecule has 1 aromatic heterocycles. The van der Waals surface area contributed by atoms with Gasteiger partial charge < -0.3 is 19.7 Å². The number of anilines is 1. The van der Waals surface area contributed by atoms with Gasteiger partial charge in [-0.05, 0) is 43.0 Å². The molecule has 8 heteroatoms. The molecule has 0 spiro atoms. The van der Waals surface area contributed by atoms with Gasteiger partial charge in [0.15, 0.2) is 16.6 Å². The van der Waals surface area contributed by atoms with E-state index in [1.807, 2.05) is 58.8 Å². The molecule has 0 aliphatic carbocycles. The molecular weight excluding hydrogens is 450 g/mol. The van der Waals surface area contributed by atoms with E-state index in [9.17, 15) is 9.59 Å². The summed E-state index contributed by atoms with van der Waals surface area (Å²) >= 11 is 1.39. The van der Waals surface area contributed by atoms with Crippen LogP contribution in [0.1, 0.15) is 24.8 Å². The van der Waals surface area contributed by atoms with Crippen LogP contribution in [0.2, 0.25) is 0 Å². The van der Waals surface area contributed by atoms with Crippen LogP contribution in [0.25, 0.3) is 11.3 Å². The number of hydrogen-bond acceptors (Lipinski definition) is 6. The highest BCUT2D eigenvalue weighted by molar-refractivity contribution is 7.14. The number of nitrogens with zero attached hydrogens (tertiary/aromatic N) is 2. The summed E-state index contributed by atoms with van der Waals surface area (Å²) in [5.41, 5.74) is 2.82. The zero-order valence-corrected chi connectivity index (χ0v) is 20.3. The molecule has 2 aromatic carbocycles. The number of likely N-dealkylation sites (tertiary alicyclic amines) is 1. The number of nitrogens with one attached hydrogen (secondary N) is 1. The van der Waals surface area contributed by atoms with Crippen LogP contribution in [0.15, 0.2) is 53.9 Å². The van der Waals surface area contributed by atoms with Crippen LogP contribution in [-0.4, -0.2) is 49.0 Å². The Kier molecular flexibility index (Phi) is 7.80. The number of hydrogen-bond donors (Lipinski definition) is 1. The first-order valence-corrected chi connectivity index (χ1v) is 12.3. The van der Waals surface area contributed by atoms with Crippen LogP contribution < -0.4 is 14.8 Å². The first-order valence-electron chi connectivity index (χ1n) is 11.4. The minimum Gasteiger partial charge on any atom is -0.493 e. The highest BCUT2D eigenvalue weighted by atomic mass is 32.1. The predicted octanol–water partition coefficient (Wildman–Crippen LogP) is 4.64. The average Bonchev–Trinajstić information content (AvgIpc) is 3.36. The fourth-order valence-corrected chi connectivity index (χ4v) is 4.83. The zero-order valence-electron chi connectivity index (χ0n) is 19.5. The van der Waals surface area contributed by atoms with E-state index in [1.54, 1.807) is 14.2 Å². The van der Waals surface area contributed by atoms with Crippen LogP contribution in [0.5, 0.6) is 11.5 Å². The summed E-state index contributed by atoms with van der Waals surface area (Å²) in [6.07, 6.45) is 2.57. The van der Waals surface area contributed by atoms with Gasteiger partial charge in [0.2, 0.25) is 11.8 Å². The minimum atomic E-state index is -0.119. The summed E-state index contributed by atoms with van der Waals surface area (Å²) in [4.78, 5) is 31.8. The number of carbonyl (C=O) groups excluding carboxylic acids is 2. The van der Waals surface area contributed by atoms with E-state index in [0.29, 0.717) is 49.0 Å². The van der Waals surface area contributed by atoms with Gasteiger partial charge in [0.05, 0.1) is 19.9 Å². The van der Waals surface area contributed by atoms with E-state index in [2.05, 4.69) is 10.3 Å². The highest BCUT2D eigenvalue weighted by Gasteiger charge is 2.27. The SMILES string of the molecule is COc1ccc(-c2csc(NC(=O)C3CCN(C(=O)CCc4ccccc4)CC3)n2)cc1OC. The third kappa shape index (κ3) is 5.75. The normalized spacial score (nSPS) is 14.0. The topological polar surface area (TPSA) is 80.8 Å². The molecular formula is C26H29N3O4S. The molecule has 34 heavy (non-hydrogen) atoms. The van der Waals surface area contributed by atoms with Crippen LogP contribution in [0.3, 0.4) is 0 Å². The molecule has 4 rings (SSSR count). The lowest BCUT2D eigenvalue weighted by Gasteiger charge is -2.31. The largest absolute Gasteiger partial charge is 0.493 e. The number of thiazole rings is 1. The maximum absolute atomic E-state index is 12.8. The first kappa shape index (κ1) is 23.8. The summed E-state index contributed by atoms with van der Waals surface area (Å²) in [5.74, 6) is 1.28. The number of piperidine rings is 1. The molecule has 0 saturated carbocycles. The standard InChI is InChI=1S/C26H29N3O4S/c1-32-22-10-9-20(16-23(22)33-2)21-17-34-26(27-21)28-25(31)19-12-14-29(15-13-19)24(30)11-8-18-6-4-3-5-7-18/h3-7,9-10,16-17,19H,8,11-15H2,1-2H3,(H,27,28,31). The number of aromatic nitrogens is 1. The molecule has 1 N–H and O–H groups in total. The summed E-state index contributed by atoms with van der Waals surface area (Å²) in [6, 6.07) is 15.6. The number of amides is 2. The molecule has 1 aliphatic heterocycles. The van der Waals surface area contributed by atoms with Crippen molar-refractivity contribution in [2.75, 3.05) is 32.6 Å². The summed E-state index contributed by atoms with van der Waals surface area (Å²) in [6.45, 7) is 1.22. The molecule has 0 atom stereocenters. The number of rotatable bonds is 8. The van der Waals surface area contributed by atoms with Crippen molar-refractivity contribution >= 4 is 28.3 Å². The maximum atomic E-state index is 12.8. The second-order valence-corrected chi connectivity index (χ2v) is 9.10. The molecule has 3 aromatic rings. The quantitative estimate of drug-likeness (QED) is 0.509. The van der Waals surface area contributed by atoms with Crippen molar-refractivity contribution in [2.45, 2.75) is 25.7 Å². The molecule has 2 amide bonds. The van der Waals surface area contributed by atoms with E-state index < -0.39 is 0 Å². The van der Waals surface area contributed by atoms with Gasteiger partial charge in [-0.25, -0.2) is 4.98 Å². The maximum Gasteiger partial charge on any atom is 0.229 e. The molecule has 1 saturated heterocycles. The van der Waals surface area contributed by atoms with Gasteiger partial charge >= 0.3 is 0 Å². The monoisotopic (exact) mass is 479 g/mol. The third-order valence-electron chi connectivity index (χ3n) is 6.10. The van der Waals surface area contributed by atoms with E-state index in [1.165, 1.54) is 16.9 Å². The Bertz CT molecular complexity index is 1120. The van der Waals surface area contributed by atoms with Crippen LogP contribution in [-0.2, 0) is 16.0 Å². The lowest BCUT2D eigenvalue weighted by molar-refractivity contribution is -0.134. The van der Waals surface area contributed by atoms with Gasteiger partial charge in [-0.3, -0.25) is 9.59 Å². The Morgan fingerprint density at radius 3 is 2.50 bits per heavy atom. The Balaban J connectivity index is 1.27. The fraction of sp³-hybridized carbons (Fsp3) is 0.346. The van der Waals surface area contributed by atoms with Crippen LogP contribution >= 0.6 is 11.3 Å². The van der Waals surface area contributed by atoms with Crippen molar-refractivity contribution in [3.8, 4) is 22.8 Å². The number of carbonyl (C=O) groups is 2. The van der Waals surface area contributed by atoms with Crippen molar-refractivity contribution in [3.63, 3.8) is 0 Å². The van der Waals surface area contributed by atoms with Gasteiger partial charge in [-0.15, -0.1) is 11.3 Å². The van der Waals surface area contributed by atoms with Crippen molar-refractivity contribution in [3.05, 3.63) is 59.5 Å². The van der Waals surface area contributed by atoms with Gasteiger partial charge in [-0.1, -0.05) is 30.3 Å². The third-order valence-corrected chi connectivity index (χ3v) is 6.86. The summed E-state index contributed by atoms with van der Waals surface area (Å²) < 4.78 is 10.6. The molecule has 7 nitrogen and oxygen atoms in total. The molecule has 1 aliphatic rings. The van der Waals surface area contributed by atoms with E-state index in [4.69, 9.17) is 9.47 Å². The van der Waals surface area contributed by atoms with E-state index in [-0.39, 0.29) is 17.7 Å². The number of methoxy groups -OCH3 is 2. The smallest absolute Gasteiger partial charge is 0.229 e. The van der Waals surface area contributed by atoms with Crippen molar-refractivity contribution < 1.29 is 19.1 Å². The molecule has 178 valence electrons. The second kappa shape index (κ2) is 11.2. The van der Waals surface area contributed by atoms with Crippen molar-refractivity contribution in [2.24, 2.45) is 5.92 Å². The molecule has 0 radical (unpaired) electrons. The van der Waals surface area contributed by atoms with Gasteiger partial charge in [0.1, 0.15) is 0 Å². The lowest BCUT2D eigenvalue weighted by Crippen LogP contribution is -2.41. The highest BCUT2D eigenvalue weighted by Crippen LogP contribution is 2.33. The predicted molar refractivity (Wildman–Crippen MR) is 133 cm³/mol. The van der Waals surface area contributed by atoms with Crippen LogP contribution in [0.4, 0.5) is 5.13 Å². The number of ether oxygens (including phenoxy) is 2. The number of benzene rings is 2. The molecule has 2 heterocycles. The Hall–Kier alpha value is -3.39. The molecule has 0 unspecified atom stereocenters. The molecule has 0 bridgehead atoms. The Morgan fingerprint density at radius 1 is 1.06 bits per heavy atom. The lowest BCUT2D eigenvalue weighted by atomic mass is 9.95. The van der Waals surface area contributed by atoms with E-state index >= 15 is 0 Å². The molecule has 1 fully saturated rings.